The molecule has 1 aliphatic carbocycles. The third-order valence-electron chi connectivity index (χ3n) is 3.18. The topological polar surface area (TPSA) is 75.6 Å². The lowest BCUT2D eigenvalue weighted by molar-refractivity contribution is -0.142. The summed E-state index contributed by atoms with van der Waals surface area (Å²) in [6, 6.07) is 7.99. The Morgan fingerprint density at radius 1 is 1.45 bits per heavy atom. The molecule has 1 aromatic rings. The number of hydrogen-bond donors (Lipinski definition) is 2. The fraction of sp³-hybridized carbons (Fsp3) is 0.429. The summed E-state index contributed by atoms with van der Waals surface area (Å²) >= 11 is 3.42. The number of amides is 1. The molecule has 1 amide bonds. The Labute approximate surface area is 125 Å². The average Bonchev–Trinajstić information content (AvgIpc) is 3.18. The first-order chi connectivity index (χ1) is 9.58. The van der Waals surface area contributed by atoms with E-state index >= 15 is 0 Å². The van der Waals surface area contributed by atoms with Crippen LogP contribution >= 0.6 is 15.9 Å². The molecule has 5 nitrogen and oxygen atoms in total. The summed E-state index contributed by atoms with van der Waals surface area (Å²) in [7, 11) is 0. The second-order valence-electron chi connectivity index (χ2n) is 4.74. The van der Waals surface area contributed by atoms with Crippen LogP contribution in [0.3, 0.4) is 0 Å². The van der Waals surface area contributed by atoms with E-state index in [9.17, 15) is 9.59 Å². The standard InChI is InChI=1S/C14H16BrNO4/c15-10-3-1-2-9(6-10)11-7-12(11)14(19)16-4-5-20-8-13(17)18/h1-3,6,11-12H,4-5,7-8H2,(H,16,19)(H,17,18). The van der Waals surface area contributed by atoms with Crippen molar-refractivity contribution in [3.05, 3.63) is 34.3 Å². The van der Waals surface area contributed by atoms with Crippen molar-refractivity contribution >= 4 is 27.8 Å². The van der Waals surface area contributed by atoms with Gasteiger partial charge < -0.3 is 15.2 Å². The number of benzene rings is 1. The molecule has 1 fully saturated rings. The highest BCUT2D eigenvalue weighted by Crippen LogP contribution is 2.47. The van der Waals surface area contributed by atoms with E-state index in [0.717, 1.165) is 10.9 Å². The van der Waals surface area contributed by atoms with Gasteiger partial charge in [-0.05, 0) is 30.0 Å². The number of carboxylic acid groups (broad SMARTS) is 1. The quantitative estimate of drug-likeness (QED) is 0.741. The van der Waals surface area contributed by atoms with Crippen LogP contribution in [0.1, 0.15) is 17.9 Å². The second-order valence-corrected chi connectivity index (χ2v) is 5.66. The lowest BCUT2D eigenvalue weighted by atomic mass is 10.1. The largest absolute Gasteiger partial charge is 0.480 e. The zero-order valence-corrected chi connectivity index (χ0v) is 12.4. The molecule has 2 unspecified atom stereocenters. The summed E-state index contributed by atoms with van der Waals surface area (Å²) < 4.78 is 5.87. The van der Waals surface area contributed by atoms with Gasteiger partial charge in [-0.25, -0.2) is 4.79 Å². The number of rotatable bonds is 7. The van der Waals surface area contributed by atoms with Crippen molar-refractivity contribution in [3.8, 4) is 0 Å². The first kappa shape index (κ1) is 15.0. The van der Waals surface area contributed by atoms with Crippen molar-refractivity contribution in [2.24, 2.45) is 5.92 Å². The van der Waals surface area contributed by atoms with Crippen molar-refractivity contribution in [2.75, 3.05) is 19.8 Å². The fourth-order valence-electron chi connectivity index (χ4n) is 2.13. The Morgan fingerprint density at radius 2 is 2.25 bits per heavy atom. The predicted octanol–water partition coefficient (Wildman–Crippen LogP) is 1.77. The maximum Gasteiger partial charge on any atom is 0.329 e. The van der Waals surface area contributed by atoms with Crippen LogP contribution in [0.25, 0.3) is 0 Å². The highest BCUT2D eigenvalue weighted by Gasteiger charge is 2.43. The van der Waals surface area contributed by atoms with E-state index in [1.165, 1.54) is 5.56 Å². The van der Waals surface area contributed by atoms with Crippen molar-refractivity contribution in [2.45, 2.75) is 12.3 Å². The summed E-state index contributed by atoms with van der Waals surface area (Å²) in [4.78, 5) is 22.1. The number of hydrogen-bond acceptors (Lipinski definition) is 3. The third kappa shape index (κ3) is 4.31. The SMILES string of the molecule is O=C(O)COCCNC(=O)C1CC1c1cccc(Br)c1. The molecule has 6 heteroatoms. The molecule has 2 rings (SSSR count). The highest BCUT2D eigenvalue weighted by molar-refractivity contribution is 9.10. The van der Waals surface area contributed by atoms with Gasteiger partial charge in [-0.2, -0.15) is 0 Å². The number of aliphatic carboxylic acids is 1. The number of carbonyl (C=O) groups excluding carboxylic acids is 1. The number of ether oxygens (including phenoxy) is 1. The van der Waals surface area contributed by atoms with Gasteiger partial charge in [0.25, 0.3) is 0 Å². The van der Waals surface area contributed by atoms with Gasteiger partial charge in [-0.15, -0.1) is 0 Å². The minimum atomic E-state index is -1.01. The Kier molecular flexibility index (Phi) is 5.14. The van der Waals surface area contributed by atoms with E-state index in [2.05, 4.69) is 21.2 Å². The molecule has 2 atom stereocenters. The smallest absolute Gasteiger partial charge is 0.329 e. The molecule has 0 radical (unpaired) electrons. The van der Waals surface area contributed by atoms with Crippen LogP contribution in [0, 0.1) is 5.92 Å². The second kappa shape index (κ2) is 6.85. The molecular weight excluding hydrogens is 326 g/mol. The molecule has 0 heterocycles. The maximum absolute atomic E-state index is 11.9. The van der Waals surface area contributed by atoms with Gasteiger partial charge in [0, 0.05) is 16.9 Å². The average molecular weight is 342 g/mol. The van der Waals surface area contributed by atoms with Crippen molar-refractivity contribution in [3.63, 3.8) is 0 Å². The number of carbonyl (C=O) groups is 2. The van der Waals surface area contributed by atoms with Gasteiger partial charge in [0.15, 0.2) is 0 Å². The Morgan fingerprint density at radius 3 is 2.95 bits per heavy atom. The van der Waals surface area contributed by atoms with Crippen molar-refractivity contribution < 1.29 is 19.4 Å². The molecule has 0 spiro atoms. The number of carboxylic acids is 1. The summed E-state index contributed by atoms with van der Waals surface area (Å²) in [5.41, 5.74) is 1.17. The Bertz CT molecular complexity index is 506. The van der Waals surface area contributed by atoms with E-state index in [0.29, 0.717) is 6.54 Å². The van der Waals surface area contributed by atoms with E-state index in [-0.39, 0.29) is 31.0 Å². The summed E-state index contributed by atoms with van der Waals surface area (Å²) in [5, 5.41) is 11.2. The molecular formula is C14H16BrNO4. The predicted molar refractivity (Wildman–Crippen MR) is 76.5 cm³/mol. The van der Waals surface area contributed by atoms with Crippen LogP contribution in [-0.2, 0) is 14.3 Å². The molecule has 0 saturated heterocycles. The molecule has 2 N–H and O–H groups in total. The van der Waals surface area contributed by atoms with Crippen LogP contribution in [0.4, 0.5) is 0 Å². The lowest BCUT2D eigenvalue weighted by Gasteiger charge is -2.05. The van der Waals surface area contributed by atoms with Crippen LogP contribution in [0.15, 0.2) is 28.7 Å². The fourth-order valence-corrected chi connectivity index (χ4v) is 2.54. The number of halogens is 1. The number of nitrogens with one attached hydrogen (secondary N) is 1. The van der Waals surface area contributed by atoms with Gasteiger partial charge in [0.05, 0.1) is 6.61 Å². The molecule has 1 aliphatic rings. The van der Waals surface area contributed by atoms with Crippen LogP contribution in [0.5, 0.6) is 0 Å². The van der Waals surface area contributed by atoms with Gasteiger partial charge >= 0.3 is 5.97 Å². The summed E-state index contributed by atoms with van der Waals surface area (Å²) in [6.07, 6.45) is 0.859. The van der Waals surface area contributed by atoms with E-state index in [4.69, 9.17) is 9.84 Å². The minimum absolute atomic E-state index is 0.00824. The molecule has 1 saturated carbocycles. The molecule has 0 aliphatic heterocycles. The van der Waals surface area contributed by atoms with Crippen molar-refractivity contribution in [1.29, 1.82) is 0 Å². The van der Waals surface area contributed by atoms with E-state index in [1.807, 2.05) is 24.3 Å². The highest BCUT2D eigenvalue weighted by atomic mass is 79.9. The first-order valence-electron chi connectivity index (χ1n) is 6.40. The lowest BCUT2D eigenvalue weighted by Crippen LogP contribution is -2.29. The van der Waals surface area contributed by atoms with E-state index in [1.54, 1.807) is 0 Å². The Balaban J connectivity index is 1.69. The van der Waals surface area contributed by atoms with Crippen LogP contribution in [0.2, 0.25) is 0 Å². The monoisotopic (exact) mass is 341 g/mol. The first-order valence-corrected chi connectivity index (χ1v) is 7.20. The van der Waals surface area contributed by atoms with Crippen LogP contribution < -0.4 is 5.32 Å². The van der Waals surface area contributed by atoms with Gasteiger partial charge in [0.2, 0.25) is 5.91 Å². The van der Waals surface area contributed by atoms with E-state index < -0.39 is 5.97 Å². The molecule has 20 heavy (non-hydrogen) atoms. The zero-order chi connectivity index (χ0) is 14.5. The zero-order valence-electron chi connectivity index (χ0n) is 10.8. The molecule has 0 aromatic heterocycles. The van der Waals surface area contributed by atoms with Gasteiger partial charge in [-0.3, -0.25) is 4.79 Å². The maximum atomic E-state index is 11.9. The summed E-state index contributed by atoms with van der Waals surface area (Å²) in [5.74, 6) is -0.696. The third-order valence-corrected chi connectivity index (χ3v) is 3.67. The summed E-state index contributed by atoms with van der Waals surface area (Å²) in [6.45, 7) is 0.222. The molecule has 1 aromatic carbocycles. The van der Waals surface area contributed by atoms with Crippen molar-refractivity contribution in [1.82, 2.24) is 5.32 Å². The Hall–Kier alpha value is -1.40. The minimum Gasteiger partial charge on any atom is -0.480 e. The molecule has 108 valence electrons. The normalized spacial score (nSPS) is 20.4. The van der Waals surface area contributed by atoms with Gasteiger partial charge in [-0.1, -0.05) is 28.1 Å². The molecule has 0 bridgehead atoms. The van der Waals surface area contributed by atoms with Gasteiger partial charge in [0.1, 0.15) is 6.61 Å². The van der Waals surface area contributed by atoms with Crippen LogP contribution in [-0.4, -0.2) is 36.7 Å².